The average molecular weight is 341 g/mol. The Labute approximate surface area is 147 Å². The summed E-state index contributed by atoms with van der Waals surface area (Å²) in [6, 6.07) is 12.0. The molecular formula is C19H23N3O3. The van der Waals surface area contributed by atoms with Gasteiger partial charge in [0.1, 0.15) is 5.75 Å². The molecule has 0 unspecified atom stereocenters. The van der Waals surface area contributed by atoms with Gasteiger partial charge in [-0.15, -0.1) is 0 Å². The van der Waals surface area contributed by atoms with E-state index in [1.807, 2.05) is 18.2 Å². The van der Waals surface area contributed by atoms with Crippen molar-refractivity contribution >= 4 is 11.9 Å². The van der Waals surface area contributed by atoms with E-state index in [0.717, 1.165) is 25.2 Å². The number of phenolic OH excluding ortho intramolecular Hbond substituents is 1. The average Bonchev–Trinajstić information content (AvgIpc) is 2.62. The molecule has 0 spiro atoms. The van der Waals surface area contributed by atoms with Gasteiger partial charge < -0.3 is 5.11 Å². The van der Waals surface area contributed by atoms with Gasteiger partial charge in [-0.3, -0.25) is 20.0 Å². The lowest BCUT2D eigenvalue weighted by Gasteiger charge is -2.19. The lowest BCUT2D eigenvalue weighted by Crippen LogP contribution is -2.22. The van der Waals surface area contributed by atoms with Crippen LogP contribution in [-0.2, 0) is 13.1 Å². The smallest absolute Gasteiger partial charge is 0.270 e. The molecule has 0 amide bonds. The lowest BCUT2D eigenvalue weighted by molar-refractivity contribution is -0.384. The van der Waals surface area contributed by atoms with E-state index in [9.17, 15) is 15.2 Å². The van der Waals surface area contributed by atoms with Crippen molar-refractivity contribution in [3.05, 3.63) is 69.3 Å². The van der Waals surface area contributed by atoms with Crippen LogP contribution in [0.15, 0.2) is 47.5 Å². The first-order valence-electron chi connectivity index (χ1n) is 8.31. The molecule has 0 radical (unpaired) electrons. The number of hydrogen-bond acceptors (Lipinski definition) is 5. The van der Waals surface area contributed by atoms with E-state index in [0.29, 0.717) is 12.1 Å². The summed E-state index contributed by atoms with van der Waals surface area (Å²) in [4.78, 5) is 17.0. The van der Waals surface area contributed by atoms with Crippen molar-refractivity contribution in [1.82, 2.24) is 4.90 Å². The van der Waals surface area contributed by atoms with Crippen LogP contribution in [-0.4, -0.2) is 34.2 Å². The Bertz CT molecular complexity index is 755. The Kier molecular flexibility index (Phi) is 6.65. The van der Waals surface area contributed by atoms with Crippen LogP contribution in [0.25, 0.3) is 0 Å². The van der Waals surface area contributed by atoms with E-state index in [-0.39, 0.29) is 11.4 Å². The Balaban J connectivity index is 2.15. The van der Waals surface area contributed by atoms with Crippen LogP contribution in [0.3, 0.4) is 0 Å². The Morgan fingerprint density at radius 2 is 1.84 bits per heavy atom. The van der Waals surface area contributed by atoms with Crippen molar-refractivity contribution in [1.29, 1.82) is 0 Å². The van der Waals surface area contributed by atoms with Gasteiger partial charge in [0, 0.05) is 30.5 Å². The van der Waals surface area contributed by atoms with E-state index in [1.165, 1.54) is 30.0 Å². The van der Waals surface area contributed by atoms with Crippen molar-refractivity contribution < 1.29 is 10.0 Å². The maximum atomic E-state index is 10.8. The van der Waals surface area contributed by atoms with Crippen LogP contribution in [0, 0.1) is 10.1 Å². The maximum Gasteiger partial charge on any atom is 0.270 e. The largest absolute Gasteiger partial charge is 0.507 e. The number of nitro groups is 1. The molecule has 0 bridgehead atoms. The Hall–Kier alpha value is -2.73. The first-order chi connectivity index (χ1) is 12.0. The highest BCUT2D eigenvalue weighted by Gasteiger charge is 2.09. The van der Waals surface area contributed by atoms with Crippen molar-refractivity contribution in [2.45, 2.75) is 26.9 Å². The minimum atomic E-state index is -0.490. The van der Waals surface area contributed by atoms with Crippen LogP contribution in [0.2, 0.25) is 0 Å². The van der Waals surface area contributed by atoms with Gasteiger partial charge in [-0.25, -0.2) is 0 Å². The van der Waals surface area contributed by atoms with Gasteiger partial charge in [-0.1, -0.05) is 38.1 Å². The fraction of sp³-hybridized carbons (Fsp3) is 0.316. The summed E-state index contributed by atoms with van der Waals surface area (Å²) in [5.74, 6) is -0.0224. The molecule has 2 rings (SSSR count). The molecule has 0 heterocycles. The SMILES string of the molecule is CCN(CC)Cc1ccccc1CN=Cc1cc([N+](=O)[O-])ccc1O. The molecule has 0 aromatic heterocycles. The zero-order chi connectivity index (χ0) is 18.2. The third-order valence-electron chi connectivity index (χ3n) is 4.12. The topological polar surface area (TPSA) is 79.0 Å². The van der Waals surface area contributed by atoms with Gasteiger partial charge in [-0.2, -0.15) is 0 Å². The molecule has 6 heteroatoms. The molecule has 0 saturated carbocycles. The van der Waals surface area contributed by atoms with Gasteiger partial charge in [0.2, 0.25) is 0 Å². The van der Waals surface area contributed by atoms with Gasteiger partial charge >= 0.3 is 0 Å². The number of nitro benzene ring substituents is 1. The zero-order valence-corrected chi connectivity index (χ0v) is 14.6. The molecule has 1 N–H and O–H groups in total. The van der Waals surface area contributed by atoms with E-state index in [4.69, 9.17) is 0 Å². The molecule has 0 saturated heterocycles. The highest BCUT2D eigenvalue weighted by atomic mass is 16.6. The van der Waals surface area contributed by atoms with Crippen molar-refractivity contribution in [2.75, 3.05) is 13.1 Å². The molecule has 25 heavy (non-hydrogen) atoms. The van der Waals surface area contributed by atoms with Crippen LogP contribution in [0.5, 0.6) is 5.75 Å². The molecule has 2 aromatic rings. The Morgan fingerprint density at radius 3 is 2.48 bits per heavy atom. The number of benzene rings is 2. The molecule has 0 atom stereocenters. The predicted molar refractivity (Wildman–Crippen MR) is 99.1 cm³/mol. The predicted octanol–water partition coefficient (Wildman–Crippen LogP) is 3.76. The number of hydrogen-bond donors (Lipinski definition) is 1. The van der Waals surface area contributed by atoms with E-state index in [2.05, 4.69) is 29.8 Å². The highest BCUT2D eigenvalue weighted by Crippen LogP contribution is 2.21. The Morgan fingerprint density at radius 1 is 1.16 bits per heavy atom. The van der Waals surface area contributed by atoms with E-state index >= 15 is 0 Å². The summed E-state index contributed by atoms with van der Waals surface area (Å²) >= 11 is 0. The highest BCUT2D eigenvalue weighted by molar-refractivity contribution is 5.84. The number of aliphatic imine (C=N–C) groups is 1. The van der Waals surface area contributed by atoms with Crippen LogP contribution in [0.4, 0.5) is 5.69 Å². The maximum absolute atomic E-state index is 10.8. The molecule has 2 aromatic carbocycles. The number of non-ortho nitro benzene ring substituents is 1. The van der Waals surface area contributed by atoms with Crippen molar-refractivity contribution in [3.8, 4) is 5.75 Å². The molecule has 0 aliphatic rings. The monoisotopic (exact) mass is 341 g/mol. The van der Waals surface area contributed by atoms with Crippen LogP contribution >= 0.6 is 0 Å². The fourth-order valence-electron chi connectivity index (χ4n) is 2.56. The molecular weight excluding hydrogens is 318 g/mol. The number of nitrogens with zero attached hydrogens (tertiary/aromatic N) is 3. The first kappa shape index (κ1) is 18.6. The second-order valence-electron chi connectivity index (χ2n) is 5.70. The summed E-state index contributed by atoms with van der Waals surface area (Å²) in [5, 5.41) is 20.7. The minimum Gasteiger partial charge on any atom is -0.507 e. The third kappa shape index (κ3) is 5.12. The third-order valence-corrected chi connectivity index (χ3v) is 4.12. The van der Waals surface area contributed by atoms with Gasteiger partial charge in [-0.05, 0) is 30.3 Å². The fourth-order valence-corrected chi connectivity index (χ4v) is 2.56. The number of aromatic hydroxyl groups is 1. The van der Waals surface area contributed by atoms with Gasteiger partial charge in [0.25, 0.3) is 5.69 Å². The van der Waals surface area contributed by atoms with E-state index in [1.54, 1.807) is 0 Å². The summed E-state index contributed by atoms with van der Waals surface area (Å²) in [7, 11) is 0. The summed E-state index contributed by atoms with van der Waals surface area (Å²) in [5.41, 5.74) is 2.60. The summed E-state index contributed by atoms with van der Waals surface area (Å²) in [6.45, 7) is 7.55. The van der Waals surface area contributed by atoms with E-state index < -0.39 is 4.92 Å². The van der Waals surface area contributed by atoms with Crippen LogP contribution in [0.1, 0.15) is 30.5 Å². The molecule has 0 aliphatic heterocycles. The normalized spacial score (nSPS) is 11.3. The molecule has 132 valence electrons. The minimum absolute atomic E-state index is 0.0224. The second-order valence-corrected chi connectivity index (χ2v) is 5.70. The summed E-state index contributed by atoms with van der Waals surface area (Å²) < 4.78 is 0. The standard InChI is InChI=1S/C19H23N3O3/c1-3-21(4-2)14-16-8-6-5-7-15(16)12-20-13-17-11-18(22(24)25)9-10-19(17)23/h5-11,13,23H,3-4,12,14H2,1-2H3. The summed E-state index contributed by atoms with van der Waals surface area (Å²) in [6.07, 6.45) is 1.48. The molecule has 6 nitrogen and oxygen atoms in total. The first-order valence-corrected chi connectivity index (χ1v) is 8.31. The van der Waals surface area contributed by atoms with Crippen LogP contribution < -0.4 is 0 Å². The van der Waals surface area contributed by atoms with Crippen molar-refractivity contribution in [3.63, 3.8) is 0 Å². The van der Waals surface area contributed by atoms with Gasteiger partial charge in [0.05, 0.1) is 11.5 Å². The van der Waals surface area contributed by atoms with Gasteiger partial charge in [0.15, 0.2) is 0 Å². The molecule has 0 fully saturated rings. The zero-order valence-electron chi connectivity index (χ0n) is 14.6. The molecule has 0 aliphatic carbocycles. The number of rotatable bonds is 8. The lowest BCUT2D eigenvalue weighted by atomic mass is 10.1. The number of phenols is 1. The van der Waals surface area contributed by atoms with Crippen molar-refractivity contribution in [2.24, 2.45) is 4.99 Å². The quantitative estimate of drug-likeness (QED) is 0.450. The second kappa shape index (κ2) is 8.94.